The largest absolute Gasteiger partial charge is 0.512 e. The Hall–Kier alpha value is -3.06. The van der Waals surface area contributed by atoms with Crippen molar-refractivity contribution in [2.24, 2.45) is 0 Å². The highest BCUT2D eigenvalue weighted by Crippen LogP contribution is 2.32. The lowest BCUT2D eigenvalue weighted by Crippen LogP contribution is -1.90. The summed E-state index contributed by atoms with van der Waals surface area (Å²) in [6, 6.07) is 25.2. The Morgan fingerprint density at radius 2 is 1.28 bits per heavy atom. The first-order chi connectivity index (χ1) is 14.0. The zero-order valence-corrected chi connectivity index (χ0v) is 18.2. The van der Waals surface area contributed by atoms with E-state index in [-0.39, 0.29) is 0 Å². The Morgan fingerprint density at radius 1 is 0.655 bits per heavy atom. The summed E-state index contributed by atoms with van der Waals surface area (Å²) in [5.41, 5.74) is 8.80. The van der Waals surface area contributed by atoms with Gasteiger partial charge in [-0.3, -0.25) is 0 Å². The first-order valence-corrected chi connectivity index (χ1v) is 10.3. The van der Waals surface area contributed by atoms with Crippen molar-refractivity contribution in [1.29, 1.82) is 0 Å². The number of allylic oxidation sites excluding steroid dienone is 3. The summed E-state index contributed by atoms with van der Waals surface area (Å²) >= 11 is 0. The van der Waals surface area contributed by atoms with Crippen molar-refractivity contribution < 1.29 is 5.11 Å². The van der Waals surface area contributed by atoms with Gasteiger partial charge in [0.25, 0.3) is 0 Å². The van der Waals surface area contributed by atoms with E-state index in [1.807, 2.05) is 38.1 Å². The number of aliphatic hydroxyl groups is 1. The van der Waals surface area contributed by atoms with Gasteiger partial charge in [-0.25, -0.2) is 0 Å². The van der Waals surface area contributed by atoms with Crippen LogP contribution in [0.4, 0.5) is 0 Å². The molecule has 0 bridgehead atoms. The van der Waals surface area contributed by atoms with Crippen LogP contribution in [0.15, 0.2) is 90.7 Å². The summed E-state index contributed by atoms with van der Waals surface area (Å²) in [5.74, 6) is 0.443. The van der Waals surface area contributed by atoms with Crippen molar-refractivity contribution >= 4 is 5.57 Å². The van der Waals surface area contributed by atoms with Gasteiger partial charge in [0.15, 0.2) is 0 Å². The number of aryl methyl sites for hydroxylation is 3. The monoisotopic (exact) mass is 384 g/mol. The Labute approximate surface area is 176 Å². The second kappa shape index (κ2) is 11.1. The average molecular weight is 385 g/mol. The highest BCUT2D eigenvalue weighted by atomic mass is 16.3. The van der Waals surface area contributed by atoms with Gasteiger partial charge >= 0.3 is 0 Å². The van der Waals surface area contributed by atoms with Crippen molar-refractivity contribution in [1.82, 2.24) is 0 Å². The Bertz CT molecular complexity index is 978. The Balaban J connectivity index is 0.000000280. The molecule has 0 aliphatic heterocycles. The molecule has 0 amide bonds. The van der Waals surface area contributed by atoms with Gasteiger partial charge in [-0.05, 0) is 66.3 Å². The molecule has 0 radical (unpaired) electrons. The molecule has 1 nitrogen and oxygen atoms in total. The van der Waals surface area contributed by atoms with Gasteiger partial charge in [0.1, 0.15) is 0 Å². The van der Waals surface area contributed by atoms with E-state index in [0.717, 1.165) is 0 Å². The fourth-order valence-electron chi connectivity index (χ4n) is 3.23. The molecule has 4 rings (SSSR count). The minimum atomic E-state index is 0.443. The van der Waals surface area contributed by atoms with E-state index in [1.165, 1.54) is 39.0 Å². The molecule has 0 fully saturated rings. The van der Waals surface area contributed by atoms with Gasteiger partial charge in [-0.2, -0.15) is 0 Å². The zero-order chi connectivity index (χ0) is 21.2. The smallest absolute Gasteiger partial charge is 0.0966 e. The zero-order valence-electron chi connectivity index (χ0n) is 18.2. The fourth-order valence-corrected chi connectivity index (χ4v) is 3.23. The van der Waals surface area contributed by atoms with Crippen LogP contribution < -0.4 is 0 Å². The molecule has 150 valence electrons. The van der Waals surface area contributed by atoms with Crippen LogP contribution in [0.3, 0.4) is 0 Å². The van der Waals surface area contributed by atoms with E-state index in [9.17, 15) is 5.11 Å². The predicted molar refractivity (Wildman–Crippen MR) is 127 cm³/mol. The van der Waals surface area contributed by atoms with Crippen molar-refractivity contribution in [3.05, 3.63) is 113 Å². The van der Waals surface area contributed by atoms with E-state index in [0.29, 0.717) is 12.2 Å². The summed E-state index contributed by atoms with van der Waals surface area (Å²) in [4.78, 5) is 0. The third-order valence-corrected chi connectivity index (χ3v) is 4.83. The first-order valence-electron chi connectivity index (χ1n) is 10.3. The molecule has 0 spiro atoms. The van der Waals surface area contributed by atoms with Crippen LogP contribution in [0.1, 0.15) is 42.5 Å². The topological polar surface area (TPSA) is 20.2 Å². The fraction of sp³-hybridized carbons (Fsp3) is 0.214. The summed E-state index contributed by atoms with van der Waals surface area (Å²) in [6.45, 7) is 10.4. The highest BCUT2D eigenvalue weighted by molar-refractivity contribution is 5.78. The van der Waals surface area contributed by atoms with E-state index in [1.54, 1.807) is 6.08 Å². The van der Waals surface area contributed by atoms with Gasteiger partial charge < -0.3 is 5.11 Å². The average Bonchev–Trinajstić information content (AvgIpc) is 3.18. The summed E-state index contributed by atoms with van der Waals surface area (Å²) in [6.07, 6.45) is 4.42. The van der Waals surface area contributed by atoms with Gasteiger partial charge in [-0.1, -0.05) is 92.2 Å². The molecule has 3 aromatic carbocycles. The molecule has 1 N–H and O–H groups in total. The van der Waals surface area contributed by atoms with Crippen LogP contribution in [0.5, 0.6) is 0 Å². The number of hydrogen-bond acceptors (Lipinski definition) is 1. The van der Waals surface area contributed by atoms with Crippen LogP contribution in [0, 0.1) is 20.8 Å². The number of aliphatic hydroxyl groups excluding tert-OH is 1. The maximum Gasteiger partial charge on any atom is 0.0966 e. The van der Waals surface area contributed by atoms with Crippen molar-refractivity contribution in [2.45, 2.75) is 41.0 Å². The predicted octanol–water partition coefficient (Wildman–Crippen LogP) is 8.22. The second-order valence-corrected chi connectivity index (χ2v) is 7.03. The van der Waals surface area contributed by atoms with E-state index in [2.05, 4.69) is 75.4 Å². The number of rotatable bonds is 2. The van der Waals surface area contributed by atoms with Crippen molar-refractivity contribution in [2.75, 3.05) is 0 Å². The SMILES string of the molecule is CC.Cc1ccccc1.Cc1ccccc1-c1cc(C2=CC=C(O)C2)ccc1C. The molecule has 1 aliphatic carbocycles. The Kier molecular flexibility index (Phi) is 8.48. The maximum atomic E-state index is 9.55. The van der Waals surface area contributed by atoms with Crippen LogP contribution in [0.25, 0.3) is 16.7 Å². The highest BCUT2D eigenvalue weighted by Gasteiger charge is 2.12. The van der Waals surface area contributed by atoms with E-state index >= 15 is 0 Å². The lowest BCUT2D eigenvalue weighted by atomic mass is 9.92. The van der Waals surface area contributed by atoms with Gasteiger partial charge in [0, 0.05) is 6.42 Å². The second-order valence-electron chi connectivity index (χ2n) is 7.03. The van der Waals surface area contributed by atoms with Crippen LogP contribution in [-0.2, 0) is 0 Å². The minimum absolute atomic E-state index is 0.443. The minimum Gasteiger partial charge on any atom is -0.512 e. The molecule has 3 aromatic rings. The standard InChI is InChI=1S/C19H18O.C7H8.C2H6/c1-13-5-3-4-6-18(13)19-12-16(8-7-14(19)2)15-9-10-17(20)11-15;1-7-5-3-2-4-6-7;1-2/h3-10,12,20H,11H2,1-2H3;2-6H,1H3;1-2H3. The third kappa shape index (κ3) is 6.22. The Morgan fingerprint density at radius 3 is 1.83 bits per heavy atom. The van der Waals surface area contributed by atoms with E-state index < -0.39 is 0 Å². The van der Waals surface area contributed by atoms with Crippen LogP contribution in [-0.4, -0.2) is 5.11 Å². The molecule has 0 saturated heterocycles. The van der Waals surface area contributed by atoms with Gasteiger partial charge in [0.2, 0.25) is 0 Å². The molecule has 29 heavy (non-hydrogen) atoms. The third-order valence-electron chi connectivity index (χ3n) is 4.83. The number of hydrogen-bond donors (Lipinski definition) is 1. The van der Waals surface area contributed by atoms with Crippen LogP contribution >= 0.6 is 0 Å². The van der Waals surface area contributed by atoms with E-state index in [4.69, 9.17) is 0 Å². The maximum absolute atomic E-state index is 9.55. The summed E-state index contributed by atoms with van der Waals surface area (Å²) in [5, 5.41) is 9.55. The van der Waals surface area contributed by atoms with Gasteiger partial charge in [-0.15, -0.1) is 0 Å². The van der Waals surface area contributed by atoms with Crippen molar-refractivity contribution in [3.63, 3.8) is 0 Å². The molecule has 0 unspecified atom stereocenters. The summed E-state index contributed by atoms with van der Waals surface area (Å²) in [7, 11) is 0. The van der Waals surface area contributed by atoms with Crippen LogP contribution in [0.2, 0.25) is 0 Å². The lowest BCUT2D eigenvalue weighted by molar-refractivity contribution is 0.406. The summed E-state index contributed by atoms with van der Waals surface area (Å²) < 4.78 is 0. The molecule has 0 atom stereocenters. The molecule has 1 aliphatic rings. The molecule has 1 heteroatoms. The molecule has 0 heterocycles. The molecule has 0 aromatic heterocycles. The lowest BCUT2D eigenvalue weighted by Gasteiger charge is -2.12. The first kappa shape index (κ1) is 22.2. The quantitative estimate of drug-likeness (QED) is 0.472. The molecule has 0 saturated carbocycles. The van der Waals surface area contributed by atoms with Crippen molar-refractivity contribution in [3.8, 4) is 11.1 Å². The molecular formula is C28H32O. The molecular weight excluding hydrogens is 352 g/mol. The normalized spacial score (nSPS) is 12.0. The number of benzene rings is 3. The van der Waals surface area contributed by atoms with Gasteiger partial charge in [0.05, 0.1) is 5.76 Å².